The second kappa shape index (κ2) is 14.8. The summed E-state index contributed by atoms with van der Waals surface area (Å²) in [7, 11) is 0. The van der Waals surface area contributed by atoms with Gasteiger partial charge < -0.3 is 24.3 Å². The number of aromatic nitrogens is 1. The van der Waals surface area contributed by atoms with E-state index in [4.69, 9.17) is 18.9 Å². The number of hydrogen-bond acceptors (Lipinski definition) is 8. The Labute approximate surface area is 308 Å². The summed E-state index contributed by atoms with van der Waals surface area (Å²) >= 11 is 0. The highest BCUT2D eigenvalue weighted by Gasteiger charge is 2.46. The molecule has 1 unspecified atom stereocenters. The van der Waals surface area contributed by atoms with Crippen LogP contribution in [-0.4, -0.2) is 40.9 Å². The average Bonchev–Trinajstić information content (AvgIpc) is 3.47. The second-order valence-corrected chi connectivity index (χ2v) is 14.3. The summed E-state index contributed by atoms with van der Waals surface area (Å²) in [6, 6.07) is 34.6. The van der Waals surface area contributed by atoms with Crippen LogP contribution in [0, 0.1) is 0 Å². The van der Waals surface area contributed by atoms with Crippen molar-refractivity contribution in [1.29, 1.82) is 0 Å². The number of pyridine rings is 1. The minimum atomic E-state index is -1.43. The first-order chi connectivity index (χ1) is 25.6. The minimum absolute atomic E-state index is 0.0429. The highest BCUT2D eigenvalue weighted by atomic mass is 16.6. The molecule has 53 heavy (non-hydrogen) atoms. The van der Waals surface area contributed by atoms with Crippen molar-refractivity contribution in [2.75, 3.05) is 11.9 Å². The molecule has 2 amide bonds. The fourth-order valence-corrected chi connectivity index (χ4v) is 6.99. The van der Waals surface area contributed by atoms with E-state index in [9.17, 15) is 14.4 Å². The van der Waals surface area contributed by atoms with Gasteiger partial charge in [0, 0.05) is 24.1 Å². The van der Waals surface area contributed by atoms with Crippen LogP contribution in [0.2, 0.25) is 0 Å². The largest absolute Gasteiger partial charge is 0.459 e. The first-order valence-corrected chi connectivity index (χ1v) is 17.7. The Morgan fingerprint density at radius 1 is 0.792 bits per heavy atom. The van der Waals surface area contributed by atoms with Crippen LogP contribution in [0.25, 0.3) is 11.1 Å². The van der Waals surface area contributed by atoms with Gasteiger partial charge in [0.25, 0.3) is 0 Å². The van der Waals surface area contributed by atoms with Gasteiger partial charge in [0.15, 0.2) is 0 Å². The third-order valence-corrected chi connectivity index (χ3v) is 9.43. The number of alkyl carbamates (subject to hydrolysis) is 1. The van der Waals surface area contributed by atoms with Crippen LogP contribution >= 0.6 is 0 Å². The highest BCUT2D eigenvalue weighted by Crippen LogP contribution is 2.45. The zero-order chi connectivity index (χ0) is 37.0. The van der Waals surface area contributed by atoms with Crippen LogP contribution in [0.5, 0.6) is 11.6 Å². The number of aryl methyl sites for hydroxylation is 1. The molecule has 7 rings (SSSR count). The molecule has 0 spiro atoms. The maximum Gasteiger partial charge on any atom is 0.411 e. The van der Waals surface area contributed by atoms with Gasteiger partial charge in [0.05, 0.1) is 0 Å². The molecule has 2 aliphatic carbocycles. The van der Waals surface area contributed by atoms with E-state index in [1.165, 1.54) is 0 Å². The lowest BCUT2D eigenvalue weighted by Gasteiger charge is -2.37. The summed E-state index contributed by atoms with van der Waals surface area (Å²) < 4.78 is 23.6. The molecule has 1 aromatic heterocycles. The monoisotopic (exact) mass is 711 g/mol. The predicted octanol–water partition coefficient (Wildman–Crippen LogP) is 8.73. The SMILES string of the molecule is CC(C)(C)OC(=O)NC1(C(=O)OCc2ccccc2)CCc2cccc(Oc3ncccc3NC(=O)OCC3c4ccccc4-c4ccccc43)c2C1. The van der Waals surface area contributed by atoms with Crippen molar-refractivity contribution in [1.82, 2.24) is 10.3 Å². The number of fused-ring (bicyclic) bond motifs is 4. The fraction of sp³-hybridized carbons (Fsp3) is 0.256. The van der Waals surface area contributed by atoms with E-state index in [2.05, 4.69) is 39.9 Å². The van der Waals surface area contributed by atoms with Crippen LogP contribution < -0.4 is 15.4 Å². The van der Waals surface area contributed by atoms with Crippen molar-refractivity contribution < 1.29 is 33.3 Å². The van der Waals surface area contributed by atoms with Gasteiger partial charge >= 0.3 is 18.2 Å². The molecule has 0 fully saturated rings. The quantitative estimate of drug-likeness (QED) is 0.115. The first-order valence-electron chi connectivity index (χ1n) is 17.7. The normalized spacial score (nSPS) is 16.0. The standard InChI is InChI=1S/C43H41N3O7/c1-42(2,3)53-41(49)46-43(39(47)50-26-28-13-5-4-6-14-28)23-22-29-15-11-21-37(34(29)25-43)52-38-36(20-12-24-44-38)45-40(48)51-27-35-32-18-9-7-16-30(32)31-17-8-10-19-33(31)35/h4-21,24,35H,22-23,25-27H2,1-3H3,(H,45,48)(H,46,49). The van der Waals surface area contributed by atoms with Crippen molar-refractivity contribution in [3.8, 4) is 22.8 Å². The number of anilines is 1. The molecule has 10 heteroatoms. The molecular weight excluding hydrogens is 670 g/mol. The topological polar surface area (TPSA) is 125 Å². The lowest BCUT2D eigenvalue weighted by atomic mass is 9.77. The fourth-order valence-electron chi connectivity index (χ4n) is 6.99. The highest BCUT2D eigenvalue weighted by molar-refractivity contribution is 5.88. The Morgan fingerprint density at radius 3 is 2.21 bits per heavy atom. The van der Waals surface area contributed by atoms with Gasteiger partial charge in [-0.2, -0.15) is 0 Å². The number of nitrogens with zero attached hydrogens (tertiary/aromatic N) is 1. The van der Waals surface area contributed by atoms with Gasteiger partial charge in [-0.15, -0.1) is 0 Å². The van der Waals surface area contributed by atoms with Crippen molar-refractivity contribution in [2.24, 2.45) is 0 Å². The number of carbonyl (C=O) groups is 3. The number of hydrogen-bond donors (Lipinski definition) is 2. The van der Waals surface area contributed by atoms with Crippen LogP contribution in [0.3, 0.4) is 0 Å². The number of benzene rings is 4. The van der Waals surface area contributed by atoms with E-state index < -0.39 is 29.3 Å². The van der Waals surface area contributed by atoms with Crippen molar-refractivity contribution >= 4 is 23.8 Å². The number of nitrogens with one attached hydrogen (secondary N) is 2. The van der Waals surface area contributed by atoms with Gasteiger partial charge in [-0.3, -0.25) is 5.32 Å². The van der Waals surface area contributed by atoms with Gasteiger partial charge in [-0.25, -0.2) is 19.4 Å². The van der Waals surface area contributed by atoms with Crippen molar-refractivity contribution in [3.63, 3.8) is 0 Å². The molecule has 0 bridgehead atoms. The Kier molecular flexibility index (Phi) is 9.86. The third-order valence-electron chi connectivity index (χ3n) is 9.43. The number of esters is 1. The zero-order valence-electron chi connectivity index (χ0n) is 29.9. The summed E-state index contributed by atoms with van der Waals surface area (Å²) in [6.07, 6.45) is 0.998. The molecule has 1 atom stereocenters. The second-order valence-electron chi connectivity index (χ2n) is 14.3. The summed E-state index contributed by atoms with van der Waals surface area (Å²) in [5.41, 5.74) is 5.06. The van der Waals surface area contributed by atoms with Crippen LogP contribution in [0.15, 0.2) is 115 Å². The summed E-state index contributed by atoms with van der Waals surface area (Å²) in [5.74, 6) is -0.120. The number of ether oxygens (including phenoxy) is 4. The molecule has 270 valence electrons. The summed E-state index contributed by atoms with van der Waals surface area (Å²) in [4.78, 5) is 44.8. The number of rotatable bonds is 9. The van der Waals surface area contributed by atoms with Crippen molar-refractivity contribution in [2.45, 2.75) is 63.7 Å². The molecule has 0 aliphatic heterocycles. The van der Waals surface area contributed by atoms with Gasteiger partial charge in [0.2, 0.25) is 5.88 Å². The average molecular weight is 712 g/mol. The molecular formula is C43H41N3O7. The molecule has 2 aliphatic rings. The maximum atomic E-state index is 13.9. The molecule has 0 radical (unpaired) electrons. The molecule has 2 N–H and O–H groups in total. The van der Waals surface area contributed by atoms with Gasteiger partial charge in [0.1, 0.15) is 35.8 Å². The maximum absolute atomic E-state index is 13.9. The molecule has 1 heterocycles. The molecule has 4 aromatic carbocycles. The Morgan fingerprint density at radius 2 is 1.49 bits per heavy atom. The van der Waals surface area contributed by atoms with E-state index in [0.29, 0.717) is 23.4 Å². The van der Waals surface area contributed by atoms with E-state index in [-0.39, 0.29) is 37.9 Å². The zero-order valence-corrected chi connectivity index (χ0v) is 29.9. The lowest BCUT2D eigenvalue weighted by Crippen LogP contribution is -2.59. The smallest absolute Gasteiger partial charge is 0.411 e. The molecule has 5 aromatic rings. The summed E-state index contributed by atoms with van der Waals surface area (Å²) in [5, 5.41) is 5.66. The minimum Gasteiger partial charge on any atom is -0.459 e. The van der Waals surface area contributed by atoms with Gasteiger partial charge in [-0.05, 0) is 85.2 Å². The van der Waals surface area contributed by atoms with E-state index in [1.807, 2.05) is 66.7 Å². The Bertz CT molecular complexity index is 2100. The first kappa shape index (κ1) is 35.3. The third kappa shape index (κ3) is 7.86. The van der Waals surface area contributed by atoms with Gasteiger partial charge in [-0.1, -0.05) is 91.0 Å². The van der Waals surface area contributed by atoms with Crippen molar-refractivity contribution in [3.05, 3.63) is 143 Å². The Hall–Kier alpha value is -6.16. The molecule has 0 saturated heterocycles. The van der Waals surface area contributed by atoms with Crippen LogP contribution in [-0.2, 0) is 38.5 Å². The van der Waals surface area contributed by atoms with E-state index in [1.54, 1.807) is 45.2 Å². The summed E-state index contributed by atoms with van der Waals surface area (Å²) in [6.45, 7) is 5.47. The van der Waals surface area contributed by atoms with Crippen LogP contribution in [0.4, 0.5) is 15.3 Å². The van der Waals surface area contributed by atoms with E-state index in [0.717, 1.165) is 33.4 Å². The molecule has 10 nitrogen and oxygen atoms in total. The van der Waals surface area contributed by atoms with Crippen LogP contribution in [0.1, 0.15) is 60.9 Å². The number of amides is 2. The number of carbonyl (C=O) groups excluding carboxylic acids is 3. The Balaban J connectivity index is 1.09. The lowest BCUT2D eigenvalue weighted by molar-refractivity contribution is -0.153. The predicted molar refractivity (Wildman–Crippen MR) is 200 cm³/mol. The molecule has 0 saturated carbocycles. The van der Waals surface area contributed by atoms with E-state index >= 15 is 0 Å².